The summed E-state index contributed by atoms with van der Waals surface area (Å²) in [6.45, 7) is 5.56. The fourth-order valence-corrected chi connectivity index (χ4v) is 3.42. The first-order valence-corrected chi connectivity index (χ1v) is 10.9. The number of ether oxygens (including phenoxy) is 2. The van der Waals surface area contributed by atoms with E-state index in [9.17, 15) is 18.3 Å². The molecule has 4 rings (SSSR count). The normalized spacial score (nSPS) is 11.6. The third kappa shape index (κ3) is 5.74. The van der Waals surface area contributed by atoms with Gasteiger partial charge in [-0.05, 0) is 80.9 Å². The molecular formula is C26H24F3N3O3. The largest absolute Gasteiger partial charge is 0.508 e. The van der Waals surface area contributed by atoms with Gasteiger partial charge < -0.3 is 14.6 Å². The Kier molecular flexibility index (Phi) is 6.68. The highest BCUT2D eigenvalue weighted by Crippen LogP contribution is 2.32. The van der Waals surface area contributed by atoms with E-state index in [1.807, 2.05) is 13.8 Å². The molecule has 0 unspecified atom stereocenters. The summed E-state index contributed by atoms with van der Waals surface area (Å²) in [4.78, 5) is 4.48. The van der Waals surface area contributed by atoms with Crippen LogP contribution < -0.4 is 9.47 Å². The highest BCUT2D eigenvalue weighted by atomic mass is 19.4. The average molecular weight is 483 g/mol. The number of aromatic nitrogens is 3. The van der Waals surface area contributed by atoms with Crippen LogP contribution in [0.3, 0.4) is 0 Å². The topological polar surface area (TPSA) is 69.4 Å². The first kappa shape index (κ1) is 24.1. The van der Waals surface area contributed by atoms with Crippen molar-refractivity contribution in [2.24, 2.45) is 0 Å². The zero-order valence-corrected chi connectivity index (χ0v) is 19.4. The highest BCUT2D eigenvalue weighted by Gasteiger charge is 2.31. The predicted molar refractivity (Wildman–Crippen MR) is 125 cm³/mol. The SMILES string of the molecule is Cc1cc(OCc2nc(-c3cccc(C(F)(F)F)c3)n(-c3ccc(OC(C)C)cc3)n2)ccc1O. The number of hydrogen-bond acceptors (Lipinski definition) is 5. The number of rotatable bonds is 7. The number of phenols is 1. The summed E-state index contributed by atoms with van der Waals surface area (Å²) in [6.07, 6.45) is -4.49. The monoisotopic (exact) mass is 483 g/mol. The third-order valence-corrected chi connectivity index (χ3v) is 5.09. The molecular weight excluding hydrogens is 459 g/mol. The van der Waals surface area contributed by atoms with Gasteiger partial charge in [-0.25, -0.2) is 9.67 Å². The van der Waals surface area contributed by atoms with Crippen LogP contribution in [0.1, 0.15) is 30.8 Å². The van der Waals surface area contributed by atoms with Gasteiger partial charge in [0.05, 0.1) is 17.4 Å². The van der Waals surface area contributed by atoms with Crippen molar-refractivity contribution in [3.63, 3.8) is 0 Å². The Labute approximate surface area is 200 Å². The molecule has 0 radical (unpaired) electrons. The zero-order chi connectivity index (χ0) is 25.2. The molecule has 9 heteroatoms. The van der Waals surface area contributed by atoms with Crippen molar-refractivity contribution in [2.75, 3.05) is 0 Å². The van der Waals surface area contributed by atoms with Gasteiger partial charge >= 0.3 is 6.18 Å². The maximum Gasteiger partial charge on any atom is 0.416 e. The number of alkyl halides is 3. The molecule has 35 heavy (non-hydrogen) atoms. The maximum atomic E-state index is 13.3. The summed E-state index contributed by atoms with van der Waals surface area (Å²) >= 11 is 0. The van der Waals surface area contributed by atoms with E-state index in [0.717, 1.165) is 12.1 Å². The number of hydrogen-bond donors (Lipinski definition) is 1. The second kappa shape index (κ2) is 9.69. The number of aryl methyl sites for hydroxylation is 1. The molecule has 4 aromatic rings. The van der Waals surface area contributed by atoms with Gasteiger partial charge in [0.25, 0.3) is 0 Å². The minimum Gasteiger partial charge on any atom is -0.508 e. The highest BCUT2D eigenvalue weighted by molar-refractivity contribution is 5.59. The Morgan fingerprint density at radius 1 is 0.971 bits per heavy atom. The van der Waals surface area contributed by atoms with E-state index < -0.39 is 11.7 Å². The summed E-state index contributed by atoms with van der Waals surface area (Å²) in [6, 6.07) is 16.8. The Hall–Kier alpha value is -4.01. The number of aromatic hydroxyl groups is 1. The molecule has 0 aliphatic heterocycles. The Morgan fingerprint density at radius 3 is 2.34 bits per heavy atom. The second-order valence-corrected chi connectivity index (χ2v) is 8.24. The fourth-order valence-electron chi connectivity index (χ4n) is 3.42. The van der Waals surface area contributed by atoms with Crippen molar-refractivity contribution >= 4 is 0 Å². The van der Waals surface area contributed by atoms with Crippen LogP contribution in [0.15, 0.2) is 66.7 Å². The summed E-state index contributed by atoms with van der Waals surface area (Å²) in [5.74, 6) is 1.85. The van der Waals surface area contributed by atoms with Crippen LogP contribution in [0.5, 0.6) is 17.2 Å². The second-order valence-electron chi connectivity index (χ2n) is 8.24. The van der Waals surface area contributed by atoms with E-state index in [4.69, 9.17) is 9.47 Å². The quantitative estimate of drug-likeness (QED) is 0.333. The molecule has 1 heterocycles. The molecule has 0 saturated carbocycles. The maximum absolute atomic E-state index is 13.3. The molecule has 1 N–H and O–H groups in total. The van der Waals surface area contributed by atoms with Gasteiger partial charge in [-0.2, -0.15) is 13.2 Å². The lowest BCUT2D eigenvalue weighted by Gasteiger charge is -2.12. The average Bonchev–Trinajstić information content (AvgIpc) is 3.24. The van der Waals surface area contributed by atoms with E-state index in [1.54, 1.807) is 49.4 Å². The van der Waals surface area contributed by atoms with Gasteiger partial charge in [-0.3, -0.25) is 0 Å². The molecule has 0 spiro atoms. The lowest BCUT2D eigenvalue weighted by atomic mass is 10.1. The van der Waals surface area contributed by atoms with E-state index in [0.29, 0.717) is 22.7 Å². The lowest BCUT2D eigenvalue weighted by Crippen LogP contribution is -2.06. The zero-order valence-electron chi connectivity index (χ0n) is 19.4. The van der Waals surface area contributed by atoms with Crippen molar-refractivity contribution in [2.45, 2.75) is 39.7 Å². The molecule has 0 atom stereocenters. The molecule has 0 aliphatic carbocycles. The molecule has 0 saturated heterocycles. The summed E-state index contributed by atoms with van der Waals surface area (Å²) in [7, 11) is 0. The molecule has 1 aromatic heterocycles. The first-order valence-electron chi connectivity index (χ1n) is 10.9. The molecule has 3 aromatic carbocycles. The lowest BCUT2D eigenvalue weighted by molar-refractivity contribution is -0.137. The van der Waals surface area contributed by atoms with E-state index in [2.05, 4.69) is 10.1 Å². The van der Waals surface area contributed by atoms with Crippen molar-refractivity contribution < 1.29 is 27.8 Å². The van der Waals surface area contributed by atoms with Crippen LogP contribution in [-0.4, -0.2) is 26.0 Å². The molecule has 0 amide bonds. The van der Waals surface area contributed by atoms with Gasteiger partial charge in [0.15, 0.2) is 11.6 Å². The van der Waals surface area contributed by atoms with Crippen molar-refractivity contribution in [1.82, 2.24) is 14.8 Å². The number of nitrogens with zero attached hydrogens (tertiary/aromatic N) is 3. The van der Waals surface area contributed by atoms with Crippen molar-refractivity contribution in [3.8, 4) is 34.3 Å². The Balaban J connectivity index is 1.70. The predicted octanol–water partition coefficient (Wildman–Crippen LogP) is 6.33. The van der Waals surface area contributed by atoms with Gasteiger partial charge in [0.2, 0.25) is 0 Å². The van der Waals surface area contributed by atoms with Crippen LogP contribution >= 0.6 is 0 Å². The minimum absolute atomic E-state index is 0.000163. The van der Waals surface area contributed by atoms with Crippen LogP contribution in [-0.2, 0) is 12.8 Å². The summed E-state index contributed by atoms with van der Waals surface area (Å²) in [5, 5.41) is 14.2. The van der Waals surface area contributed by atoms with E-state index >= 15 is 0 Å². The van der Waals surface area contributed by atoms with Crippen LogP contribution in [0.4, 0.5) is 13.2 Å². The minimum atomic E-state index is -4.49. The summed E-state index contributed by atoms with van der Waals surface area (Å²) in [5.41, 5.74) is 0.742. The summed E-state index contributed by atoms with van der Waals surface area (Å²) < 4.78 is 52.9. The van der Waals surface area contributed by atoms with Crippen molar-refractivity contribution in [1.29, 1.82) is 0 Å². The van der Waals surface area contributed by atoms with Crippen LogP contribution in [0.25, 0.3) is 17.1 Å². The molecule has 0 aliphatic rings. The molecule has 0 fully saturated rings. The van der Waals surface area contributed by atoms with Gasteiger partial charge in [-0.1, -0.05) is 12.1 Å². The number of phenolic OH excluding ortho intramolecular Hbond substituents is 1. The van der Waals surface area contributed by atoms with Crippen LogP contribution in [0, 0.1) is 6.92 Å². The van der Waals surface area contributed by atoms with Gasteiger partial charge in [0.1, 0.15) is 23.9 Å². The van der Waals surface area contributed by atoms with E-state index in [1.165, 1.54) is 16.8 Å². The Morgan fingerprint density at radius 2 is 1.69 bits per heavy atom. The van der Waals surface area contributed by atoms with E-state index in [-0.39, 0.29) is 35.7 Å². The van der Waals surface area contributed by atoms with Crippen molar-refractivity contribution in [3.05, 3.63) is 83.7 Å². The molecule has 0 bridgehead atoms. The fraction of sp³-hybridized carbons (Fsp3) is 0.231. The smallest absolute Gasteiger partial charge is 0.416 e. The van der Waals surface area contributed by atoms with Gasteiger partial charge in [0, 0.05) is 5.56 Å². The number of halogens is 3. The molecule has 182 valence electrons. The van der Waals surface area contributed by atoms with Crippen LogP contribution in [0.2, 0.25) is 0 Å². The number of benzene rings is 3. The standard InChI is InChI=1S/C26H24F3N3O3/c1-16(2)35-21-9-7-20(8-10-21)32-25(18-5-4-6-19(14-18)26(27,28)29)30-24(31-32)15-34-22-11-12-23(33)17(3)13-22/h4-14,16,33H,15H2,1-3H3. The third-order valence-electron chi connectivity index (χ3n) is 5.09. The van der Waals surface area contributed by atoms with Gasteiger partial charge in [-0.15, -0.1) is 5.10 Å². The first-order chi connectivity index (χ1) is 16.6. The Bertz CT molecular complexity index is 1320. The molecule has 6 nitrogen and oxygen atoms in total.